The molecule has 0 aliphatic carbocycles. The molecule has 6 atom stereocenters. The SMILES string of the molecule is O=C(C1C[C@@H]2O[C@H]1[C@H]1CN(Cc3sccc3Cl)C[C@H]1[C@@H]2O)N1CC=CC1. The largest absolute Gasteiger partial charge is 0.390 e. The number of hydrogen-bond acceptors (Lipinski definition) is 5. The quantitative estimate of drug-likeness (QED) is 0.797. The zero-order chi connectivity index (χ0) is 17.8. The number of aliphatic hydroxyl groups excluding tert-OH is 1. The second kappa shape index (κ2) is 6.60. The summed E-state index contributed by atoms with van der Waals surface area (Å²) >= 11 is 7.93. The van der Waals surface area contributed by atoms with Crippen LogP contribution in [0.1, 0.15) is 11.3 Å². The molecular formula is C19H23ClN2O3S. The van der Waals surface area contributed by atoms with Crippen molar-refractivity contribution in [1.82, 2.24) is 9.80 Å². The van der Waals surface area contributed by atoms with Gasteiger partial charge in [0.2, 0.25) is 5.91 Å². The van der Waals surface area contributed by atoms with Crippen LogP contribution in [0.4, 0.5) is 0 Å². The van der Waals surface area contributed by atoms with Gasteiger partial charge in [-0.1, -0.05) is 23.8 Å². The van der Waals surface area contributed by atoms with Crippen molar-refractivity contribution in [3.05, 3.63) is 33.5 Å². The van der Waals surface area contributed by atoms with Gasteiger partial charge < -0.3 is 14.7 Å². The summed E-state index contributed by atoms with van der Waals surface area (Å²) in [5.41, 5.74) is 0. The lowest BCUT2D eigenvalue weighted by atomic mass is 9.83. The minimum absolute atomic E-state index is 0.0645. The lowest BCUT2D eigenvalue weighted by Gasteiger charge is -2.36. The fourth-order valence-corrected chi connectivity index (χ4v) is 6.32. The molecule has 1 unspecified atom stereocenters. The van der Waals surface area contributed by atoms with Crippen molar-refractivity contribution in [3.8, 4) is 0 Å². The van der Waals surface area contributed by atoms with Gasteiger partial charge in [0.15, 0.2) is 0 Å². The number of hydrogen-bond donors (Lipinski definition) is 1. The molecular weight excluding hydrogens is 372 g/mol. The third-order valence-corrected chi connectivity index (χ3v) is 7.82. The summed E-state index contributed by atoms with van der Waals surface area (Å²) in [5.74, 6) is 0.476. The fourth-order valence-electron chi connectivity index (χ4n) is 5.19. The Kier molecular flexibility index (Phi) is 4.37. The number of halogens is 1. The van der Waals surface area contributed by atoms with Crippen LogP contribution in [-0.2, 0) is 16.1 Å². The monoisotopic (exact) mass is 394 g/mol. The first-order valence-corrected chi connectivity index (χ1v) is 10.6. The van der Waals surface area contributed by atoms with E-state index in [-0.39, 0.29) is 35.9 Å². The summed E-state index contributed by atoms with van der Waals surface area (Å²) in [7, 11) is 0. The number of fused-ring (bicyclic) bond motifs is 4. The number of ether oxygens (including phenoxy) is 1. The molecule has 5 nitrogen and oxygen atoms in total. The minimum atomic E-state index is -0.477. The number of likely N-dealkylation sites (tertiary alicyclic amines) is 1. The molecule has 140 valence electrons. The van der Waals surface area contributed by atoms with E-state index in [0.29, 0.717) is 19.5 Å². The van der Waals surface area contributed by atoms with Crippen molar-refractivity contribution in [1.29, 1.82) is 0 Å². The molecule has 3 fully saturated rings. The highest BCUT2D eigenvalue weighted by atomic mass is 35.5. The average Bonchev–Trinajstić information content (AvgIpc) is 3.40. The molecule has 1 amide bonds. The van der Waals surface area contributed by atoms with Crippen LogP contribution >= 0.6 is 22.9 Å². The number of aliphatic hydroxyl groups is 1. The van der Waals surface area contributed by atoms with Gasteiger partial charge in [0.25, 0.3) is 0 Å². The lowest BCUT2D eigenvalue weighted by Crippen LogP contribution is -2.47. The van der Waals surface area contributed by atoms with Crippen LogP contribution < -0.4 is 0 Å². The summed E-state index contributed by atoms with van der Waals surface area (Å²) in [6, 6.07) is 1.93. The molecule has 4 aliphatic rings. The number of rotatable bonds is 3. The van der Waals surface area contributed by atoms with E-state index in [9.17, 15) is 9.90 Å². The molecule has 3 saturated heterocycles. The second-order valence-electron chi connectivity index (χ2n) is 7.90. The van der Waals surface area contributed by atoms with Crippen LogP contribution in [0, 0.1) is 17.8 Å². The molecule has 5 heterocycles. The van der Waals surface area contributed by atoms with Gasteiger partial charge in [0, 0.05) is 49.4 Å². The van der Waals surface area contributed by atoms with Gasteiger partial charge in [0.05, 0.1) is 29.3 Å². The van der Waals surface area contributed by atoms with Gasteiger partial charge in [-0.2, -0.15) is 0 Å². The van der Waals surface area contributed by atoms with E-state index in [1.54, 1.807) is 11.3 Å². The van der Waals surface area contributed by atoms with E-state index >= 15 is 0 Å². The predicted octanol–water partition coefficient (Wildman–Crippen LogP) is 2.00. The first kappa shape index (κ1) is 17.2. The summed E-state index contributed by atoms with van der Waals surface area (Å²) in [6.45, 7) is 3.92. The third-order valence-electron chi connectivity index (χ3n) is 6.45. The Bertz CT molecular complexity index is 730. The molecule has 0 radical (unpaired) electrons. The fraction of sp³-hybridized carbons (Fsp3) is 0.632. The summed E-state index contributed by atoms with van der Waals surface area (Å²) in [5, 5.41) is 13.6. The average molecular weight is 395 g/mol. The van der Waals surface area contributed by atoms with Crippen molar-refractivity contribution in [3.63, 3.8) is 0 Å². The molecule has 1 aromatic heterocycles. The Morgan fingerprint density at radius 3 is 2.81 bits per heavy atom. The Morgan fingerprint density at radius 2 is 2.08 bits per heavy atom. The van der Waals surface area contributed by atoms with E-state index in [2.05, 4.69) is 4.90 Å². The molecule has 4 aliphatic heterocycles. The van der Waals surface area contributed by atoms with Gasteiger partial charge in [-0.25, -0.2) is 0 Å². The van der Waals surface area contributed by atoms with E-state index in [1.165, 1.54) is 4.88 Å². The van der Waals surface area contributed by atoms with Gasteiger partial charge in [0.1, 0.15) is 0 Å². The smallest absolute Gasteiger partial charge is 0.228 e. The summed E-state index contributed by atoms with van der Waals surface area (Å²) in [6.07, 6.45) is 4.00. The topological polar surface area (TPSA) is 53.0 Å². The Labute approximate surface area is 162 Å². The maximum atomic E-state index is 13.0. The van der Waals surface area contributed by atoms with Gasteiger partial charge >= 0.3 is 0 Å². The molecule has 1 N–H and O–H groups in total. The van der Waals surface area contributed by atoms with Gasteiger partial charge in [-0.15, -0.1) is 11.3 Å². The van der Waals surface area contributed by atoms with Crippen LogP contribution in [-0.4, -0.2) is 65.3 Å². The third kappa shape index (κ3) is 2.74. The molecule has 7 heteroatoms. The predicted molar refractivity (Wildman–Crippen MR) is 100 cm³/mol. The number of carbonyl (C=O) groups excluding carboxylic acids is 1. The highest BCUT2D eigenvalue weighted by Gasteiger charge is 2.58. The minimum Gasteiger partial charge on any atom is -0.390 e. The van der Waals surface area contributed by atoms with Gasteiger partial charge in [-0.05, 0) is 17.9 Å². The molecule has 0 aromatic carbocycles. The van der Waals surface area contributed by atoms with E-state index in [4.69, 9.17) is 16.3 Å². The zero-order valence-corrected chi connectivity index (χ0v) is 16.0. The van der Waals surface area contributed by atoms with Crippen LogP contribution in [0.3, 0.4) is 0 Å². The van der Waals surface area contributed by atoms with Crippen LogP contribution in [0.15, 0.2) is 23.6 Å². The maximum absolute atomic E-state index is 13.0. The zero-order valence-electron chi connectivity index (χ0n) is 14.5. The standard InChI is InChI=1S/C19H23ClN2O3S/c20-14-3-6-26-16(14)10-21-8-12-13(9-21)18-11(7-15(25-18)17(12)23)19(24)22-4-1-2-5-22/h1-3,6,11-13,15,17-18,23H,4-5,7-10H2/t11?,12-,13+,15+,17+,18-/m1/s1. The van der Waals surface area contributed by atoms with Crippen LogP contribution in [0.25, 0.3) is 0 Å². The van der Waals surface area contributed by atoms with E-state index in [1.807, 2.05) is 28.5 Å². The first-order valence-electron chi connectivity index (χ1n) is 9.33. The molecule has 5 rings (SSSR count). The normalized spacial score (nSPS) is 38.9. The molecule has 26 heavy (non-hydrogen) atoms. The second-order valence-corrected chi connectivity index (χ2v) is 9.31. The Hall–Kier alpha value is -0.920. The molecule has 2 bridgehead atoms. The molecule has 0 spiro atoms. The van der Waals surface area contributed by atoms with Crippen molar-refractivity contribution < 1.29 is 14.6 Å². The number of carbonyl (C=O) groups is 1. The Morgan fingerprint density at radius 1 is 1.31 bits per heavy atom. The van der Waals surface area contributed by atoms with Gasteiger partial charge in [-0.3, -0.25) is 9.69 Å². The van der Waals surface area contributed by atoms with Crippen LogP contribution in [0.2, 0.25) is 5.02 Å². The van der Waals surface area contributed by atoms with E-state index in [0.717, 1.165) is 24.7 Å². The van der Waals surface area contributed by atoms with Crippen molar-refractivity contribution >= 4 is 28.8 Å². The Balaban J connectivity index is 1.33. The highest BCUT2D eigenvalue weighted by Crippen LogP contribution is 2.47. The number of amides is 1. The lowest BCUT2D eigenvalue weighted by molar-refractivity contribution is -0.146. The van der Waals surface area contributed by atoms with E-state index < -0.39 is 6.10 Å². The number of nitrogens with zero attached hydrogens (tertiary/aromatic N) is 2. The molecule has 0 saturated carbocycles. The van der Waals surface area contributed by atoms with Crippen molar-refractivity contribution in [2.75, 3.05) is 26.2 Å². The van der Waals surface area contributed by atoms with Crippen molar-refractivity contribution in [2.24, 2.45) is 17.8 Å². The summed E-state index contributed by atoms with van der Waals surface area (Å²) < 4.78 is 6.16. The highest BCUT2D eigenvalue weighted by molar-refractivity contribution is 7.10. The number of thiophene rings is 1. The maximum Gasteiger partial charge on any atom is 0.228 e. The van der Waals surface area contributed by atoms with Crippen LogP contribution in [0.5, 0.6) is 0 Å². The van der Waals surface area contributed by atoms with Crippen molar-refractivity contribution in [2.45, 2.75) is 31.3 Å². The molecule has 1 aromatic rings. The first-order chi connectivity index (χ1) is 12.6. The summed E-state index contributed by atoms with van der Waals surface area (Å²) in [4.78, 5) is 18.4.